The molecule has 0 unspecified atom stereocenters. The quantitative estimate of drug-likeness (QED) is 0.676. The molecule has 0 spiro atoms. The van der Waals surface area contributed by atoms with Gasteiger partial charge in [-0.25, -0.2) is 0 Å². The Bertz CT molecular complexity index is 226. The van der Waals surface area contributed by atoms with Crippen molar-refractivity contribution in [3.8, 4) is 0 Å². The zero-order chi connectivity index (χ0) is 7.40. The van der Waals surface area contributed by atoms with Gasteiger partial charge in [-0.05, 0) is 29.6 Å². The van der Waals surface area contributed by atoms with Gasteiger partial charge in [0.1, 0.15) is 0 Å². The molecule has 0 saturated heterocycles. The van der Waals surface area contributed by atoms with Gasteiger partial charge in [-0.3, -0.25) is 4.98 Å². The molecule has 2 heteroatoms. The molecule has 1 aromatic rings. The summed E-state index contributed by atoms with van der Waals surface area (Å²) < 4.78 is 0. The number of aromatic nitrogens is 1. The Morgan fingerprint density at radius 3 is 2.80 bits per heavy atom. The fourth-order valence-electron chi connectivity index (χ4n) is 0.651. The highest BCUT2D eigenvalue weighted by atomic mass is 79.9. The van der Waals surface area contributed by atoms with E-state index in [2.05, 4.69) is 20.9 Å². The van der Waals surface area contributed by atoms with Gasteiger partial charge in [-0.2, -0.15) is 0 Å². The fourth-order valence-corrected chi connectivity index (χ4v) is 0.956. The number of aryl methyl sites for hydroxylation is 1. The zero-order valence-corrected chi connectivity index (χ0v) is 7.30. The number of hydrogen-bond donors (Lipinski definition) is 0. The smallest absolute Gasteiger partial charge is 0.0373 e. The maximum absolute atomic E-state index is 4.13. The Balaban J connectivity index is 2.89. The van der Waals surface area contributed by atoms with Crippen LogP contribution in [-0.4, -0.2) is 4.98 Å². The molecule has 0 amide bonds. The minimum absolute atomic E-state index is 1.05. The van der Waals surface area contributed by atoms with Crippen LogP contribution in [0.5, 0.6) is 0 Å². The molecule has 52 valence electrons. The zero-order valence-electron chi connectivity index (χ0n) is 5.71. The lowest BCUT2D eigenvalue weighted by Crippen LogP contribution is -1.79. The second kappa shape index (κ2) is 3.52. The van der Waals surface area contributed by atoms with Gasteiger partial charge in [0.05, 0.1) is 0 Å². The first-order chi connectivity index (χ1) is 4.83. The van der Waals surface area contributed by atoms with Crippen molar-refractivity contribution in [2.75, 3.05) is 0 Å². The second-order valence-electron chi connectivity index (χ2n) is 2.03. The first-order valence-corrected chi connectivity index (χ1v) is 3.94. The van der Waals surface area contributed by atoms with Crippen LogP contribution in [0.4, 0.5) is 0 Å². The number of halogens is 1. The van der Waals surface area contributed by atoms with Crippen molar-refractivity contribution in [3.63, 3.8) is 0 Å². The van der Waals surface area contributed by atoms with Crippen molar-refractivity contribution in [3.05, 3.63) is 34.6 Å². The molecule has 0 bridgehead atoms. The van der Waals surface area contributed by atoms with Crippen LogP contribution in [0, 0.1) is 6.92 Å². The molecule has 1 nitrogen and oxygen atoms in total. The van der Waals surface area contributed by atoms with Crippen LogP contribution in [-0.2, 0) is 0 Å². The average molecular weight is 198 g/mol. The van der Waals surface area contributed by atoms with Gasteiger partial charge in [0.2, 0.25) is 0 Å². The summed E-state index contributed by atoms with van der Waals surface area (Å²) in [5, 5.41) is 0. The van der Waals surface area contributed by atoms with Crippen molar-refractivity contribution < 1.29 is 0 Å². The maximum atomic E-state index is 4.13. The molecular weight excluding hydrogens is 190 g/mol. The molecule has 10 heavy (non-hydrogen) atoms. The van der Waals surface area contributed by atoms with E-state index in [0.717, 1.165) is 11.3 Å². The van der Waals surface area contributed by atoms with E-state index in [9.17, 15) is 0 Å². The highest BCUT2D eigenvalue weighted by Gasteiger charge is 1.84. The van der Waals surface area contributed by atoms with E-state index in [1.165, 1.54) is 0 Å². The summed E-state index contributed by atoms with van der Waals surface area (Å²) >= 11 is 3.20. The Morgan fingerprint density at radius 1 is 1.50 bits per heavy atom. The lowest BCUT2D eigenvalue weighted by Gasteiger charge is -1.91. The molecule has 0 N–H and O–H groups in total. The van der Waals surface area contributed by atoms with Gasteiger partial charge >= 0.3 is 0 Å². The molecule has 0 fully saturated rings. The van der Waals surface area contributed by atoms with Gasteiger partial charge in [-0.1, -0.05) is 22.0 Å². The van der Waals surface area contributed by atoms with E-state index in [1.807, 2.05) is 36.3 Å². The third-order valence-corrected chi connectivity index (χ3v) is 1.45. The standard InChI is InChI=1S/C8H8BrN/c1-7-2-3-8(4-5-9)6-10-7/h2-6H,1H3/b5-4+. The largest absolute Gasteiger partial charge is 0.261 e. The van der Waals surface area contributed by atoms with Gasteiger partial charge in [0, 0.05) is 11.9 Å². The second-order valence-corrected chi connectivity index (χ2v) is 2.55. The Kier molecular flexibility index (Phi) is 2.63. The predicted octanol–water partition coefficient (Wildman–Crippen LogP) is 2.76. The summed E-state index contributed by atoms with van der Waals surface area (Å²) in [5.74, 6) is 0. The van der Waals surface area contributed by atoms with E-state index in [4.69, 9.17) is 0 Å². The van der Waals surface area contributed by atoms with Crippen molar-refractivity contribution in [1.82, 2.24) is 4.98 Å². The van der Waals surface area contributed by atoms with Gasteiger partial charge in [-0.15, -0.1) is 0 Å². The SMILES string of the molecule is Cc1ccc(/C=C/Br)cn1. The maximum Gasteiger partial charge on any atom is 0.0373 e. The molecule has 0 aliphatic heterocycles. The summed E-state index contributed by atoms with van der Waals surface area (Å²) in [6, 6.07) is 4.02. The van der Waals surface area contributed by atoms with E-state index in [-0.39, 0.29) is 0 Å². The van der Waals surface area contributed by atoms with Crippen LogP contribution in [0.15, 0.2) is 23.3 Å². The van der Waals surface area contributed by atoms with Crippen LogP contribution < -0.4 is 0 Å². The topological polar surface area (TPSA) is 12.9 Å². The summed E-state index contributed by atoms with van der Waals surface area (Å²) in [7, 11) is 0. The summed E-state index contributed by atoms with van der Waals surface area (Å²) in [6.07, 6.45) is 3.79. The van der Waals surface area contributed by atoms with E-state index >= 15 is 0 Å². The first-order valence-electron chi connectivity index (χ1n) is 3.02. The molecule has 0 aliphatic rings. The molecule has 1 rings (SSSR count). The van der Waals surface area contributed by atoms with Crippen molar-refractivity contribution in [2.24, 2.45) is 0 Å². The molecule has 0 saturated carbocycles. The van der Waals surface area contributed by atoms with Crippen LogP contribution in [0.2, 0.25) is 0 Å². The first kappa shape index (κ1) is 7.48. The van der Waals surface area contributed by atoms with Gasteiger partial charge in [0.25, 0.3) is 0 Å². The van der Waals surface area contributed by atoms with E-state index < -0.39 is 0 Å². The Hall–Kier alpha value is -0.630. The van der Waals surface area contributed by atoms with Crippen LogP contribution >= 0.6 is 15.9 Å². The number of hydrogen-bond acceptors (Lipinski definition) is 1. The molecule has 1 aromatic heterocycles. The summed E-state index contributed by atoms with van der Waals surface area (Å²) in [5.41, 5.74) is 2.16. The predicted molar refractivity (Wildman–Crippen MR) is 46.9 cm³/mol. The lowest BCUT2D eigenvalue weighted by atomic mass is 10.2. The van der Waals surface area contributed by atoms with Gasteiger partial charge in [0.15, 0.2) is 0 Å². The van der Waals surface area contributed by atoms with Crippen molar-refractivity contribution in [2.45, 2.75) is 6.92 Å². The lowest BCUT2D eigenvalue weighted by molar-refractivity contribution is 1.19. The highest BCUT2D eigenvalue weighted by molar-refractivity contribution is 9.11. The minimum atomic E-state index is 1.05. The highest BCUT2D eigenvalue weighted by Crippen LogP contribution is 2.02. The average Bonchev–Trinajstić information content (AvgIpc) is 1.95. The fraction of sp³-hybridized carbons (Fsp3) is 0.125. The van der Waals surface area contributed by atoms with Crippen LogP contribution in [0.1, 0.15) is 11.3 Å². The molecule has 0 atom stereocenters. The molecule has 1 heterocycles. The molecular formula is C8H8BrN. The Morgan fingerprint density at radius 2 is 2.30 bits per heavy atom. The molecule has 0 radical (unpaired) electrons. The third-order valence-electron chi connectivity index (χ3n) is 1.19. The van der Waals surface area contributed by atoms with Gasteiger partial charge < -0.3 is 0 Å². The van der Waals surface area contributed by atoms with Crippen LogP contribution in [0.25, 0.3) is 6.08 Å². The normalized spacial score (nSPS) is 10.6. The number of rotatable bonds is 1. The van der Waals surface area contributed by atoms with Crippen molar-refractivity contribution >= 4 is 22.0 Å². The van der Waals surface area contributed by atoms with Crippen molar-refractivity contribution in [1.29, 1.82) is 0 Å². The number of pyridine rings is 1. The third kappa shape index (κ3) is 1.95. The Labute approximate surface area is 68.9 Å². The number of nitrogens with zero attached hydrogens (tertiary/aromatic N) is 1. The molecule has 0 aromatic carbocycles. The summed E-state index contributed by atoms with van der Waals surface area (Å²) in [6.45, 7) is 1.97. The minimum Gasteiger partial charge on any atom is -0.261 e. The van der Waals surface area contributed by atoms with E-state index in [0.29, 0.717) is 0 Å². The monoisotopic (exact) mass is 197 g/mol. The van der Waals surface area contributed by atoms with E-state index in [1.54, 1.807) is 0 Å². The summed E-state index contributed by atoms with van der Waals surface area (Å²) in [4.78, 5) is 5.94. The van der Waals surface area contributed by atoms with Crippen LogP contribution in [0.3, 0.4) is 0 Å². The molecule has 0 aliphatic carbocycles.